The van der Waals surface area contributed by atoms with Gasteiger partial charge in [0, 0.05) is 26.1 Å². The summed E-state index contributed by atoms with van der Waals surface area (Å²) in [6.45, 7) is 11.2. The van der Waals surface area contributed by atoms with Crippen molar-refractivity contribution in [3.8, 4) is 5.75 Å². The molecule has 9 heteroatoms. The Morgan fingerprint density at radius 2 is 1.85 bits per heavy atom. The van der Waals surface area contributed by atoms with Gasteiger partial charge in [-0.1, -0.05) is 26.0 Å². The molecule has 0 spiro atoms. The molecule has 0 aliphatic carbocycles. The molecule has 2 aromatic rings. The number of nitrogens with zero attached hydrogens (tertiary/aromatic N) is 5. The average molecular weight is 570 g/mol. The molecule has 1 fully saturated rings. The molecule has 0 amide bonds. The van der Waals surface area contributed by atoms with Crippen molar-refractivity contribution in [2.45, 2.75) is 52.6 Å². The van der Waals surface area contributed by atoms with Crippen molar-refractivity contribution in [1.29, 1.82) is 0 Å². The number of benzene rings is 1. The first kappa shape index (κ1) is 27.4. The maximum Gasteiger partial charge on any atom is 0.191 e. The van der Waals surface area contributed by atoms with Gasteiger partial charge < -0.3 is 24.8 Å². The number of aryl methyl sites for hydroxylation is 1. The number of aliphatic imine (C=N–C) groups is 1. The summed E-state index contributed by atoms with van der Waals surface area (Å²) in [5.41, 5.74) is 1.15. The van der Waals surface area contributed by atoms with Crippen molar-refractivity contribution in [2.75, 3.05) is 39.8 Å². The monoisotopic (exact) mass is 569 g/mol. The molecule has 1 aliphatic heterocycles. The van der Waals surface area contributed by atoms with E-state index in [2.05, 4.69) is 56.3 Å². The highest BCUT2D eigenvalue weighted by Gasteiger charge is 2.14. The van der Waals surface area contributed by atoms with Crippen LogP contribution in [0.25, 0.3) is 0 Å². The third kappa shape index (κ3) is 9.48. The van der Waals surface area contributed by atoms with Gasteiger partial charge in [0.15, 0.2) is 5.96 Å². The highest BCUT2D eigenvalue weighted by Crippen LogP contribution is 2.15. The van der Waals surface area contributed by atoms with Crippen LogP contribution in [0.3, 0.4) is 0 Å². The molecular weight excluding hydrogens is 529 g/mol. The second-order valence-electron chi connectivity index (χ2n) is 8.54. The minimum absolute atomic E-state index is 0. The van der Waals surface area contributed by atoms with Crippen LogP contribution in [0.15, 0.2) is 35.6 Å². The molecule has 2 N–H and O–H groups in total. The second-order valence-corrected chi connectivity index (χ2v) is 8.54. The lowest BCUT2D eigenvalue weighted by Gasteiger charge is -2.30. The fourth-order valence-corrected chi connectivity index (χ4v) is 3.90. The molecule has 0 saturated carbocycles. The number of hydrogen-bond donors (Lipinski definition) is 2. The van der Waals surface area contributed by atoms with Gasteiger partial charge in [-0.25, -0.2) is 4.99 Å². The summed E-state index contributed by atoms with van der Waals surface area (Å²) in [5.74, 6) is 3.60. The van der Waals surface area contributed by atoms with E-state index in [-0.39, 0.29) is 24.0 Å². The molecule has 0 radical (unpaired) electrons. The van der Waals surface area contributed by atoms with Crippen molar-refractivity contribution in [2.24, 2.45) is 10.9 Å². The highest BCUT2D eigenvalue weighted by atomic mass is 127. The van der Waals surface area contributed by atoms with Gasteiger partial charge in [0.2, 0.25) is 0 Å². The molecule has 0 atom stereocenters. The zero-order valence-electron chi connectivity index (χ0n) is 20.3. The van der Waals surface area contributed by atoms with Crippen LogP contribution in [0.1, 0.15) is 44.5 Å². The number of hydrogen-bond acceptors (Lipinski definition) is 5. The van der Waals surface area contributed by atoms with Crippen molar-refractivity contribution in [1.82, 2.24) is 30.3 Å². The number of likely N-dealkylation sites (tertiary alicyclic amines) is 1. The standard InChI is InChI=1S/C24H39N7O.HI/c1-4-23-29-28-19-31(23)17-13-26-24(27-18-21-6-8-22(32-3)9-7-21)25-12-5-14-30-15-10-20(2)11-16-30;/h6-9,19-20H,4-5,10-18H2,1-3H3,(H2,25,26,27);1H. The second kappa shape index (κ2) is 15.1. The predicted octanol–water partition coefficient (Wildman–Crippen LogP) is 3.32. The molecule has 1 aliphatic rings. The van der Waals surface area contributed by atoms with Gasteiger partial charge in [-0.3, -0.25) is 0 Å². The van der Waals surface area contributed by atoms with Gasteiger partial charge in [-0.2, -0.15) is 0 Å². The third-order valence-electron chi connectivity index (χ3n) is 6.06. The number of guanidine groups is 1. The van der Waals surface area contributed by atoms with Gasteiger partial charge in [0.25, 0.3) is 0 Å². The summed E-state index contributed by atoms with van der Waals surface area (Å²) < 4.78 is 7.34. The summed E-state index contributed by atoms with van der Waals surface area (Å²) in [5, 5.41) is 15.2. The van der Waals surface area contributed by atoms with E-state index in [0.29, 0.717) is 6.54 Å². The Kier molecular flexibility index (Phi) is 12.5. The Labute approximate surface area is 215 Å². The fraction of sp³-hybridized carbons (Fsp3) is 0.625. The van der Waals surface area contributed by atoms with Crippen LogP contribution in [0.4, 0.5) is 0 Å². The summed E-state index contributed by atoms with van der Waals surface area (Å²) in [4.78, 5) is 7.39. The Bertz CT molecular complexity index is 816. The topological polar surface area (TPSA) is 79.6 Å². The van der Waals surface area contributed by atoms with Gasteiger partial charge in [0.1, 0.15) is 17.9 Å². The first-order valence-electron chi connectivity index (χ1n) is 11.9. The van der Waals surface area contributed by atoms with Crippen LogP contribution in [0.5, 0.6) is 5.75 Å². The first-order chi connectivity index (χ1) is 15.7. The lowest BCUT2D eigenvalue weighted by atomic mass is 9.99. The van der Waals surface area contributed by atoms with E-state index >= 15 is 0 Å². The number of piperidine rings is 1. The van der Waals surface area contributed by atoms with E-state index in [9.17, 15) is 0 Å². The maximum atomic E-state index is 5.25. The van der Waals surface area contributed by atoms with E-state index < -0.39 is 0 Å². The molecule has 0 unspecified atom stereocenters. The predicted molar refractivity (Wildman–Crippen MR) is 144 cm³/mol. The summed E-state index contributed by atoms with van der Waals surface area (Å²) in [6, 6.07) is 8.07. The van der Waals surface area contributed by atoms with Crippen molar-refractivity contribution >= 4 is 29.9 Å². The SMILES string of the molecule is CCc1nncn1CCNC(=NCc1ccc(OC)cc1)NCCCN1CCC(C)CC1.I. The van der Waals surface area contributed by atoms with Gasteiger partial charge in [0.05, 0.1) is 13.7 Å². The fourth-order valence-electron chi connectivity index (χ4n) is 3.90. The summed E-state index contributed by atoms with van der Waals surface area (Å²) in [6.07, 6.45) is 6.44. The maximum absolute atomic E-state index is 5.25. The minimum Gasteiger partial charge on any atom is -0.497 e. The lowest BCUT2D eigenvalue weighted by molar-refractivity contribution is 0.191. The van der Waals surface area contributed by atoms with Gasteiger partial charge in [-0.05, 0) is 62.5 Å². The van der Waals surface area contributed by atoms with Gasteiger partial charge >= 0.3 is 0 Å². The molecule has 0 bridgehead atoms. The summed E-state index contributed by atoms with van der Waals surface area (Å²) >= 11 is 0. The van der Waals surface area contributed by atoms with Crippen molar-refractivity contribution in [3.63, 3.8) is 0 Å². The third-order valence-corrected chi connectivity index (χ3v) is 6.06. The van der Waals surface area contributed by atoms with E-state index in [1.807, 2.05) is 12.1 Å². The number of nitrogens with one attached hydrogen (secondary N) is 2. The van der Waals surface area contributed by atoms with Crippen LogP contribution < -0.4 is 15.4 Å². The molecule has 1 aromatic carbocycles. The Balaban J connectivity index is 0.00000385. The average Bonchev–Trinajstić information content (AvgIpc) is 3.28. The summed E-state index contributed by atoms with van der Waals surface area (Å²) in [7, 11) is 1.68. The number of rotatable bonds is 11. The van der Waals surface area contributed by atoms with Crippen LogP contribution in [0.2, 0.25) is 0 Å². The van der Waals surface area contributed by atoms with E-state index in [4.69, 9.17) is 9.73 Å². The van der Waals surface area contributed by atoms with E-state index in [0.717, 1.165) is 68.0 Å². The lowest BCUT2D eigenvalue weighted by Crippen LogP contribution is -2.41. The molecule has 2 heterocycles. The number of ether oxygens (including phenoxy) is 1. The van der Waals surface area contributed by atoms with Crippen LogP contribution in [-0.4, -0.2) is 65.5 Å². The number of halogens is 1. The highest BCUT2D eigenvalue weighted by molar-refractivity contribution is 14.0. The smallest absolute Gasteiger partial charge is 0.191 e. The molecular formula is C24H40IN7O. The van der Waals surface area contributed by atoms with Crippen molar-refractivity contribution < 1.29 is 4.74 Å². The molecule has 8 nitrogen and oxygen atoms in total. The zero-order chi connectivity index (χ0) is 22.6. The molecule has 3 rings (SSSR count). The number of methoxy groups -OCH3 is 1. The quantitative estimate of drug-likeness (QED) is 0.187. The zero-order valence-corrected chi connectivity index (χ0v) is 22.6. The Morgan fingerprint density at radius 3 is 2.55 bits per heavy atom. The van der Waals surface area contributed by atoms with Gasteiger partial charge in [-0.15, -0.1) is 34.2 Å². The van der Waals surface area contributed by atoms with E-state index in [1.54, 1.807) is 13.4 Å². The van der Waals surface area contributed by atoms with Crippen LogP contribution in [0, 0.1) is 5.92 Å². The minimum atomic E-state index is 0. The molecule has 33 heavy (non-hydrogen) atoms. The Hall–Kier alpha value is -1.88. The largest absolute Gasteiger partial charge is 0.497 e. The Morgan fingerprint density at radius 1 is 1.12 bits per heavy atom. The first-order valence-corrected chi connectivity index (χ1v) is 11.9. The number of aromatic nitrogens is 3. The van der Waals surface area contributed by atoms with E-state index in [1.165, 1.54) is 25.9 Å². The van der Waals surface area contributed by atoms with Crippen LogP contribution >= 0.6 is 24.0 Å². The van der Waals surface area contributed by atoms with Crippen molar-refractivity contribution in [3.05, 3.63) is 42.0 Å². The molecule has 184 valence electrons. The normalized spacial score (nSPS) is 15.2. The molecule has 1 saturated heterocycles. The van der Waals surface area contributed by atoms with Crippen LogP contribution in [-0.2, 0) is 19.5 Å². The molecule has 1 aromatic heterocycles.